The summed E-state index contributed by atoms with van der Waals surface area (Å²) < 4.78 is 31.5. The summed E-state index contributed by atoms with van der Waals surface area (Å²) in [7, 11) is -2.67. The molecule has 1 saturated heterocycles. The topological polar surface area (TPSA) is 75.7 Å². The number of carbonyl (C=O) groups excluding carboxylic acids is 1. The Bertz CT molecular complexity index is 360. The molecule has 1 amide bonds. The van der Waals surface area contributed by atoms with Gasteiger partial charge in [0.2, 0.25) is 0 Å². The number of halogens is 1. The van der Waals surface area contributed by atoms with Crippen LogP contribution in [0.15, 0.2) is 0 Å². The fraction of sp³-hybridized carbons (Fsp3) is 0.889. The highest BCUT2D eigenvalue weighted by Gasteiger charge is 2.31. The lowest BCUT2D eigenvalue weighted by Crippen LogP contribution is -2.48. The van der Waals surface area contributed by atoms with Gasteiger partial charge in [0.05, 0.1) is 7.11 Å². The molecule has 0 radical (unpaired) electrons. The maximum atomic E-state index is 12.0. The Balaban J connectivity index is 2.82. The smallest absolute Gasteiger partial charge is 0.421 e. The lowest BCUT2D eigenvalue weighted by Gasteiger charge is -2.27. The molecule has 8 heteroatoms. The summed E-state index contributed by atoms with van der Waals surface area (Å²) in [5.41, 5.74) is 0. The van der Waals surface area contributed by atoms with Crippen LogP contribution in [0, 0.1) is 0 Å². The second-order valence-corrected chi connectivity index (χ2v) is 6.14. The van der Waals surface area contributed by atoms with Gasteiger partial charge in [0.25, 0.3) is 0 Å². The molecule has 1 unspecified atom stereocenters. The summed E-state index contributed by atoms with van der Waals surface area (Å²) in [6.45, 7) is 0.433. The second-order valence-electron chi connectivity index (χ2n) is 3.87. The highest BCUT2D eigenvalue weighted by molar-refractivity contribution is 9.09. The van der Waals surface area contributed by atoms with Gasteiger partial charge in [-0.15, -0.1) is 0 Å². The van der Waals surface area contributed by atoms with Crippen molar-refractivity contribution in [3.05, 3.63) is 0 Å². The molecule has 0 aromatic rings. The Hall–Kier alpha value is -0.340. The first-order valence-electron chi connectivity index (χ1n) is 5.44. The van der Waals surface area contributed by atoms with Gasteiger partial charge in [-0.2, -0.15) is 12.7 Å². The predicted molar refractivity (Wildman–Crippen MR) is 67.2 cm³/mol. The highest BCUT2D eigenvalue weighted by Crippen LogP contribution is 2.20. The summed E-state index contributed by atoms with van der Waals surface area (Å²) in [6, 6.07) is -0.111. The number of hydrogen-bond donors (Lipinski definition) is 1. The molecule has 1 N–H and O–H groups in total. The van der Waals surface area contributed by atoms with Crippen LogP contribution < -0.4 is 4.72 Å². The molecule has 1 rings (SSSR count). The van der Waals surface area contributed by atoms with E-state index < -0.39 is 16.3 Å². The molecular formula is C9H17BrN2O4S. The van der Waals surface area contributed by atoms with E-state index in [0.29, 0.717) is 11.9 Å². The molecule has 100 valence electrons. The Morgan fingerprint density at radius 2 is 2.18 bits per heavy atom. The fourth-order valence-corrected chi connectivity index (χ4v) is 4.05. The highest BCUT2D eigenvalue weighted by atomic mass is 79.9. The number of carbonyl (C=O) groups is 1. The predicted octanol–water partition coefficient (Wildman–Crippen LogP) is 1.23. The summed E-state index contributed by atoms with van der Waals surface area (Å²) in [5.74, 6) is 0. The Kier molecular flexibility index (Phi) is 5.68. The summed E-state index contributed by atoms with van der Waals surface area (Å²) in [4.78, 5) is 11.0. The quantitative estimate of drug-likeness (QED) is 0.790. The standard InChI is InChI=1S/C9H17BrN2O4S/c1-16-9(13)11-17(14,15)12-6-4-2-3-5-8(12)7-10/h8H,2-7H2,1H3,(H,11,13). The number of rotatable bonds is 3. The molecular weight excluding hydrogens is 312 g/mol. The fourth-order valence-electron chi connectivity index (χ4n) is 1.83. The Morgan fingerprint density at radius 3 is 2.76 bits per heavy atom. The Labute approximate surface area is 110 Å². The summed E-state index contributed by atoms with van der Waals surface area (Å²) >= 11 is 3.31. The first kappa shape index (κ1) is 14.7. The molecule has 0 aromatic carbocycles. The minimum atomic E-state index is -3.80. The zero-order valence-electron chi connectivity index (χ0n) is 9.69. The van der Waals surface area contributed by atoms with Crippen molar-refractivity contribution < 1.29 is 17.9 Å². The van der Waals surface area contributed by atoms with Crippen molar-refractivity contribution in [1.29, 1.82) is 0 Å². The van der Waals surface area contributed by atoms with E-state index in [2.05, 4.69) is 20.7 Å². The van der Waals surface area contributed by atoms with Gasteiger partial charge in [0.15, 0.2) is 0 Å². The van der Waals surface area contributed by atoms with E-state index in [0.717, 1.165) is 32.8 Å². The van der Waals surface area contributed by atoms with Crippen LogP contribution in [0.1, 0.15) is 25.7 Å². The zero-order valence-corrected chi connectivity index (χ0v) is 12.1. The Morgan fingerprint density at radius 1 is 1.47 bits per heavy atom. The largest absolute Gasteiger partial charge is 0.452 e. The molecule has 1 aliphatic rings. The van der Waals surface area contributed by atoms with E-state index in [1.54, 1.807) is 0 Å². The molecule has 6 nitrogen and oxygen atoms in total. The molecule has 0 saturated carbocycles. The van der Waals surface area contributed by atoms with Gasteiger partial charge in [-0.3, -0.25) is 0 Å². The van der Waals surface area contributed by atoms with E-state index in [-0.39, 0.29) is 6.04 Å². The van der Waals surface area contributed by atoms with Gasteiger partial charge < -0.3 is 4.74 Å². The van der Waals surface area contributed by atoms with Gasteiger partial charge in [0, 0.05) is 17.9 Å². The number of alkyl halides is 1. The minimum absolute atomic E-state index is 0.111. The molecule has 17 heavy (non-hydrogen) atoms. The SMILES string of the molecule is COC(=O)NS(=O)(=O)N1CCCCCC1CBr. The van der Waals surface area contributed by atoms with Gasteiger partial charge in [0.1, 0.15) is 0 Å². The van der Waals surface area contributed by atoms with E-state index in [1.165, 1.54) is 4.31 Å². The lowest BCUT2D eigenvalue weighted by atomic mass is 10.1. The van der Waals surface area contributed by atoms with Crippen molar-refractivity contribution in [3.63, 3.8) is 0 Å². The number of methoxy groups -OCH3 is 1. The summed E-state index contributed by atoms with van der Waals surface area (Å²) in [5, 5.41) is 0.565. The van der Waals surface area contributed by atoms with Gasteiger partial charge in [-0.05, 0) is 12.8 Å². The molecule has 0 bridgehead atoms. The average Bonchev–Trinajstić information content (AvgIpc) is 2.53. The summed E-state index contributed by atoms with van der Waals surface area (Å²) in [6.07, 6.45) is 2.66. The third-order valence-electron chi connectivity index (χ3n) is 2.71. The third kappa shape index (κ3) is 4.11. The maximum absolute atomic E-state index is 12.0. The molecule has 0 spiro atoms. The molecule has 1 aliphatic heterocycles. The van der Waals surface area contributed by atoms with Crippen molar-refractivity contribution in [1.82, 2.24) is 9.03 Å². The zero-order chi connectivity index (χ0) is 12.9. The lowest BCUT2D eigenvalue weighted by molar-refractivity contribution is 0.176. The van der Waals surface area contributed by atoms with Crippen LogP contribution in [0.5, 0.6) is 0 Å². The van der Waals surface area contributed by atoms with Crippen molar-refractivity contribution in [2.45, 2.75) is 31.7 Å². The molecule has 0 aliphatic carbocycles. The molecule has 1 atom stereocenters. The van der Waals surface area contributed by atoms with Crippen LogP contribution >= 0.6 is 15.9 Å². The van der Waals surface area contributed by atoms with E-state index in [4.69, 9.17) is 0 Å². The number of hydrogen-bond acceptors (Lipinski definition) is 4. The first-order valence-corrected chi connectivity index (χ1v) is 8.01. The van der Waals surface area contributed by atoms with Crippen molar-refractivity contribution >= 4 is 32.2 Å². The van der Waals surface area contributed by atoms with E-state index in [9.17, 15) is 13.2 Å². The van der Waals surface area contributed by atoms with Crippen LogP contribution in [0.4, 0.5) is 4.79 Å². The van der Waals surface area contributed by atoms with Crippen LogP contribution in [-0.4, -0.2) is 43.8 Å². The molecule has 1 heterocycles. The van der Waals surface area contributed by atoms with Gasteiger partial charge in [-0.1, -0.05) is 28.8 Å². The maximum Gasteiger partial charge on any atom is 0.421 e. The van der Waals surface area contributed by atoms with Crippen LogP contribution in [-0.2, 0) is 14.9 Å². The van der Waals surface area contributed by atoms with Gasteiger partial charge in [-0.25, -0.2) is 9.52 Å². The van der Waals surface area contributed by atoms with Crippen molar-refractivity contribution in [2.75, 3.05) is 19.0 Å². The third-order valence-corrected chi connectivity index (χ3v) is 4.98. The second kappa shape index (κ2) is 6.55. The van der Waals surface area contributed by atoms with Crippen molar-refractivity contribution in [3.8, 4) is 0 Å². The molecule has 1 fully saturated rings. The van der Waals surface area contributed by atoms with E-state index in [1.807, 2.05) is 4.72 Å². The van der Waals surface area contributed by atoms with Crippen molar-refractivity contribution in [2.24, 2.45) is 0 Å². The van der Waals surface area contributed by atoms with Crippen LogP contribution in [0.2, 0.25) is 0 Å². The normalized spacial score (nSPS) is 22.8. The first-order chi connectivity index (χ1) is 8.01. The number of amides is 1. The van der Waals surface area contributed by atoms with Crippen LogP contribution in [0.3, 0.4) is 0 Å². The number of nitrogens with zero attached hydrogens (tertiary/aromatic N) is 1. The molecule has 0 aromatic heterocycles. The van der Waals surface area contributed by atoms with Crippen LogP contribution in [0.25, 0.3) is 0 Å². The number of nitrogens with one attached hydrogen (secondary N) is 1. The average molecular weight is 329 g/mol. The minimum Gasteiger partial charge on any atom is -0.452 e. The van der Waals surface area contributed by atoms with Gasteiger partial charge >= 0.3 is 16.3 Å². The monoisotopic (exact) mass is 328 g/mol. The van der Waals surface area contributed by atoms with E-state index >= 15 is 0 Å². The number of ether oxygens (including phenoxy) is 1.